The third-order valence-corrected chi connectivity index (χ3v) is 2.58. The lowest BCUT2D eigenvalue weighted by Crippen LogP contribution is -2.47. The molecule has 2 N–H and O–H groups in total. The fraction of sp³-hybridized carbons (Fsp3) is 0.833. The van der Waals surface area contributed by atoms with Gasteiger partial charge in [0.15, 0.2) is 0 Å². The number of ether oxygens (including phenoxy) is 1. The Hall–Kier alpha value is -1.30. The van der Waals surface area contributed by atoms with E-state index < -0.39 is 5.97 Å². The number of carbonyl (C=O) groups excluding carboxylic acids is 1. The number of rotatable bonds is 8. The molecule has 0 aromatic heterocycles. The van der Waals surface area contributed by atoms with Crippen molar-refractivity contribution in [2.24, 2.45) is 0 Å². The van der Waals surface area contributed by atoms with Crippen molar-refractivity contribution in [2.45, 2.75) is 45.7 Å². The van der Waals surface area contributed by atoms with Gasteiger partial charge in [-0.15, -0.1) is 0 Å². The lowest BCUT2D eigenvalue weighted by Gasteiger charge is -2.28. The van der Waals surface area contributed by atoms with Gasteiger partial charge < -0.3 is 20.1 Å². The molecule has 6 heteroatoms. The molecule has 0 saturated carbocycles. The van der Waals surface area contributed by atoms with E-state index in [0.29, 0.717) is 6.61 Å². The molecule has 0 aromatic rings. The monoisotopic (exact) mass is 260 g/mol. The van der Waals surface area contributed by atoms with Gasteiger partial charge in [0.1, 0.15) is 0 Å². The molecule has 1 atom stereocenters. The van der Waals surface area contributed by atoms with Crippen molar-refractivity contribution in [2.75, 3.05) is 20.3 Å². The summed E-state index contributed by atoms with van der Waals surface area (Å²) in [7, 11) is 1.61. The van der Waals surface area contributed by atoms with E-state index in [1.807, 2.05) is 20.8 Å². The van der Waals surface area contributed by atoms with Gasteiger partial charge in [-0.2, -0.15) is 0 Å². The third-order valence-electron chi connectivity index (χ3n) is 2.58. The SMILES string of the molecule is COCCC(C)NC(=O)N(CCC(=O)O)C(C)C. The molecule has 2 amide bonds. The number of urea groups is 1. The molecule has 0 radical (unpaired) electrons. The van der Waals surface area contributed by atoms with Crippen molar-refractivity contribution < 1.29 is 19.4 Å². The van der Waals surface area contributed by atoms with E-state index in [1.165, 1.54) is 4.90 Å². The molecule has 0 aliphatic heterocycles. The Labute approximate surface area is 108 Å². The quantitative estimate of drug-likeness (QED) is 0.689. The van der Waals surface area contributed by atoms with Crippen LogP contribution in [0.5, 0.6) is 0 Å². The molecule has 0 aromatic carbocycles. The minimum absolute atomic E-state index is 0.00327. The van der Waals surface area contributed by atoms with Gasteiger partial charge in [0.05, 0.1) is 6.42 Å². The van der Waals surface area contributed by atoms with Crippen molar-refractivity contribution >= 4 is 12.0 Å². The van der Waals surface area contributed by atoms with E-state index in [1.54, 1.807) is 7.11 Å². The number of nitrogens with one attached hydrogen (secondary N) is 1. The molecule has 0 aliphatic rings. The number of hydrogen-bond acceptors (Lipinski definition) is 3. The fourth-order valence-electron chi connectivity index (χ4n) is 1.47. The highest BCUT2D eigenvalue weighted by Gasteiger charge is 2.19. The highest BCUT2D eigenvalue weighted by atomic mass is 16.5. The first-order valence-electron chi connectivity index (χ1n) is 6.16. The second-order valence-corrected chi connectivity index (χ2v) is 4.56. The van der Waals surface area contributed by atoms with Crippen LogP contribution in [0.15, 0.2) is 0 Å². The highest BCUT2D eigenvalue weighted by molar-refractivity contribution is 5.75. The smallest absolute Gasteiger partial charge is 0.317 e. The molecule has 0 saturated heterocycles. The lowest BCUT2D eigenvalue weighted by atomic mass is 10.2. The summed E-state index contributed by atoms with van der Waals surface area (Å²) >= 11 is 0. The summed E-state index contributed by atoms with van der Waals surface area (Å²) in [6, 6.07) is -0.252. The van der Waals surface area contributed by atoms with E-state index >= 15 is 0 Å². The summed E-state index contributed by atoms with van der Waals surface area (Å²) < 4.78 is 4.94. The number of hydrogen-bond donors (Lipinski definition) is 2. The van der Waals surface area contributed by atoms with Gasteiger partial charge in [-0.1, -0.05) is 0 Å². The van der Waals surface area contributed by atoms with Crippen molar-refractivity contribution in [3.63, 3.8) is 0 Å². The van der Waals surface area contributed by atoms with Crippen LogP contribution in [-0.4, -0.2) is 54.4 Å². The molecule has 0 spiro atoms. The second-order valence-electron chi connectivity index (χ2n) is 4.56. The van der Waals surface area contributed by atoms with Crippen molar-refractivity contribution in [1.82, 2.24) is 10.2 Å². The summed E-state index contributed by atoms with van der Waals surface area (Å²) in [5.74, 6) is -0.902. The van der Waals surface area contributed by atoms with Crippen molar-refractivity contribution in [1.29, 1.82) is 0 Å². The third kappa shape index (κ3) is 7.11. The topological polar surface area (TPSA) is 78.9 Å². The van der Waals surface area contributed by atoms with Crippen molar-refractivity contribution in [3.05, 3.63) is 0 Å². The standard InChI is InChI=1S/C12H24N2O4/c1-9(2)14(7-5-11(15)16)12(17)13-10(3)6-8-18-4/h9-10H,5-8H2,1-4H3,(H,13,17)(H,15,16). The van der Waals surface area contributed by atoms with E-state index in [-0.39, 0.29) is 31.1 Å². The summed E-state index contributed by atoms with van der Waals surface area (Å²) in [6.07, 6.45) is 0.686. The number of carbonyl (C=O) groups is 2. The van der Waals surface area contributed by atoms with E-state index in [4.69, 9.17) is 9.84 Å². The highest BCUT2D eigenvalue weighted by Crippen LogP contribution is 2.02. The molecule has 1 unspecified atom stereocenters. The van der Waals surface area contributed by atoms with Crippen LogP contribution in [0, 0.1) is 0 Å². The Kier molecular flexibility index (Phi) is 8.11. The molecule has 18 heavy (non-hydrogen) atoms. The average Bonchev–Trinajstić information content (AvgIpc) is 2.25. The number of methoxy groups -OCH3 is 1. The Balaban J connectivity index is 4.25. The van der Waals surface area contributed by atoms with Crippen LogP contribution >= 0.6 is 0 Å². The summed E-state index contributed by atoms with van der Waals surface area (Å²) in [5.41, 5.74) is 0. The van der Waals surface area contributed by atoms with Crippen LogP contribution in [0.2, 0.25) is 0 Å². The van der Waals surface area contributed by atoms with E-state index in [9.17, 15) is 9.59 Å². The first-order valence-corrected chi connectivity index (χ1v) is 6.16. The predicted octanol–water partition coefficient (Wildman–Crippen LogP) is 1.31. The minimum atomic E-state index is -0.902. The zero-order chi connectivity index (χ0) is 14.1. The number of aliphatic carboxylic acids is 1. The first-order chi connectivity index (χ1) is 8.38. The first kappa shape index (κ1) is 16.7. The number of amides is 2. The Morgan fingerprint density at radius 3 is 2.39 bits per heavy atom. The predicted molar refractivity (Wildman–Crippen MR) is 68.6 cm³/mol. The van der Waals surface area contributed by atoms with Crippen LogP contribution in [0.25, 0.3) is 0 Å². The summed E-state index contributed by atoms with van der Waals surface area (Å²) in [6.45, 7) is 6.42. The van der Waals surface area contributed by atoms with Crippen molar-refractivity contribution in [3.8, 4) is 0 Å². The van der Waals surface area contributed by atoms with Crippen LogP contribution in [0.3, 0.4) is 0 Å². The maximum absolute atomic E-state index is 12.0. The van der Waals surface area contributed by atoms with Gasteiger partial charge in [0.25, 0.3) is 0 Å². The van der Waals surface area contributed by atoms with Gasteiger partial charge in [0.2, 0.25) is 0 Å². The summed E-state index contributed by atoms with van der Waals surface area (Å²) in [4.78, 5) is 24.0. The Bertz CT molecular complexity index is 269. The maximum Gasteiger partial charge on any atom is 0.317 e. The van der Waals surface area contributed by atoms with Crippen LogP contribution in [-0.2, 0) is 9.53 Å². The van der Waals surface area contributed by atoms with Gasteiger partial charge >= 0.3 is 12.0 Å². The lowest BCUT2D eigenvalue weighted by molar-refractivity contribution is -0.137. The Morgan fingerprint density at radius 2 is 1.94 bits per heavy atom. The molecule has 0 fully saturated rings. The largest absolute Gasteiger partial charge is 0.481 e. The molecule has 0 bridgehead atoms. The minimum Gasteiger partial charge on any atom is -0.481 e. The summed E-state index contributed by atoms with van der Waals surface area (Å²) in [5, 5.41) is 11.5. The van der Waals surface area contributed by atoms with Gasteiger partial charge in [-0.3, -0.25) is 4.79 Å². The molecule has 0 aliphatic carbocycles. The number of nitrogens with zero attached hydrogens (tertiary/aromatic N) is 1. The molecule has 6 nitrogen and oxygen atoms in total. The van der Waals surface area contributed by atoms with Crippen LogP contribution < -0.4 is 5.32 Å². The number of carboxylic acid groups (broad SMARTS) is 1. The Morgan fingerprint density at radius 1 is 1.33 bits per heavy atom. The molecular formula is C12H24N2O4. The fourth-order valence-corrected chi connectivity index (χ4v) is 1.47. The van der Waals surface area contributed by atoms with Gasteiger partial charge in [0, 0.05) is 32.3 Å². The van der Waals surface area contributed by atoms with Gasteiger partial charge in [-0.05, 0) is 27.2 Å². The molecule has 106 valence electrons. The molecular weight excluding hydrogens is 236 g/mol. The maximum atomic E-state index is 12.0. The zero-order valence-electron chi connectivity index (χ0n) is 11.6. The second kappa shape index (κ2) is 8.74. The zero-order valence-corrected chi connectivity index (χ0v) is 11.6. The van der Waals surface area contributed by atoms with Crippen LogP contribution in [0.1, 0.15) is 33.6 Å². The normalized spacial score (nSPS) is 12.3. The molecule has 0 rings (SSSR count). The average molecular weight is 260 g/mol. The van der Waals surface area contributed by atoms with E-state index in [2.05, 4.69) is 5.32 Å². The van der Waals surface area contributed by atoms with Crippen LogP contribution in [0.4, 0.5) is 4.79 Å². The number of carboxylic acids is 1. The van der Waals surface area contributed by atoms with Gasteiger partial charge in [-0.25, -0.2) is 4.79 Å². The molecule has 0 heterocycles. The van der Waals surface area contributed by atoms with E-state index in [0.717, 1.165) is 6.42 Å².